The Kier molecular flexibility index (Phi) is 2.94. The Labute approximate surface area is 106 Å². The molecule has 0 radical (unpaired) electrons. The van der Waals surface area contributed by atoms with Gasteiger partial charge in [-0.2, -0.15) is 0 Å². The quantitative estimate of drug-likeness (QED) is 0.858. The van der Waals surface area contributed by atoms with E-state index < -0.39 is 0 Å². The van der Waals surface area contributed by atoms with Gasteiger partial charge in [-0.25, -0.2) is 0 Å². The standard InChI is InChI=1S/C14H18N2O2/c17-13-6-5-12(7-15-13)14(18)16(8-10-1-2-10)9-11-3-4-11/h5-7,10-11H,1-4,8-9H2,(H,15,17). The van der Waals surface area contributed by atoms with Crippen molar-refractivity contribution in [2.24, 2.45) is 11.8 Å². The van der Waals surface area contributed by atoms with Crippen molar-refractivity contribution in [3.63, 3.8) is 0 Å². The van der Waals surface area contributed by atoms with E-state index in [-0.39, 0.29) is 11.5 Å². The number of amides is 1. The second kappa shape index (κ2) is 4.59. The van der Waals surface area contributed by atoms with Gasteiger partial charge in [-0.3, -0.25) is 9.59 Å². The number of nitrogens with zero attached hydrogens (tertiary/aromatic N) is 1. The normalized spacial score (nSPS) is 18.7. The minimum absolute atomic E-state index is 0.0602. The summed E-state index contributed by atoms with van der Waals surface area (Å²) in [6, 6.07) is 3.04. The third kappa shape index (κ3) is 2.81. The number of H-pyrrole nitrogens is 1. The molecule has 18 heavy (non-hydrogen) atoms. The van der Waals surface area contributed by atoms with Crippen molar-refractivity contribution in [3.05, 3.63) is 34.2 Å². The first-order valence-corrected chi connectivity index (χ1v) is 6.70. The molecule has 2 aliphatic rings. The van der Waals surface area contributed by atoms with Gasteiger partial charge in [0, 0.05) is 25.4 Å². The number of aromatic nitrogens is 1. The fourth-order valence-corrected chi connectivity index (χ4v) is 2.19. The number of aromatic amines is 1. The number of carbonyl (C=O) groups excluding carboxylic acids is 1. The van der Waals surface area contributed by atoms with E-state index in [2.05, 4.69) is 4.98 Å². The minimum Gasteiger partial charge on any atom is -0.338 e. The lowest BCUT2D eigenvalue weighted by Crippen LogP contribution is -2.35. The van der Waals surface area contributed by atoms with Crippen LogP contribution in [0.5, 0.6) is 0 Å². The fourth-order valence-electron chi connectivity index (χ4n) is 2.19. The average Bonchev–Trinajstić information content (AvgIpc) is 3.23. The Morgan fingerprint density at radius 3 is 2.22 bits per heavy atom. The van der Waals surface area contributed by atoms with Crippen molar-refractivity contribution in [2.75, 3.05) is 13.1 Å². The average molecular weight is 246 g/mol. The molecule has 1 amide bonds. The largest absolute Gasteiger partial charge is 0.338 e. The number of pyridine rings is 1. The second-order valence-electron chi connectivity index (χ2n) is 5.54. The van der Waals surface area contributed by atoms with Gasteiger partial charge in [0.05, 0.1) is 5.56 Å². The first-order chi connectivity index (χ1) is 8.72. The van der Waals surface area contributed by atoms with E-state index in [0.29, 0.717) is 17.4 Å². The first kappa shape index (κ1) is 11.5. The Bertz CT molecular complexity index is 466. The molecule has 0 aromatic carbocycles. The molecule has 2 fully saturated rings. The summed E-state index contributed by atoms with van der Waals surface area (Å²) in [5, 5.41) is 0. The summed E-state index contributed by atoms with van der Waals surface area (Å²) in [6.07, 6.45) is 6.53. The van der Waals surface area contributed by atoms with E-state index in [1.807, 2.05) is 4.90 Å². The van der Waals surface area contributed by atoms with Crippen LogP contribution in [0.4, 0.5) is 0 Å². The molecule has 96 valence electrons. The van der Waals surface area contributed by atoms with Crippen LogP contribution in [-0.4, -0.2) is 28.9 Å². The van der Waals surface area contributed by atoms with Gasteiger partial charge in [0.2, 0.25) is 5.56 Å². The van der Waals surface area contributed by atoms with Crippen molar-refractivity contribution in [2.45, 2.75) is 25.7 Å². The van der Waals surface area contributed by atoms with Crippen molar-refractivity contribution >= 4 is 5.91 Å². The van der Waals surface area contributed by atoms with Gasteiger partial charge < -0.3 is 9.88 Å². The molecular weight excluding hydrogens is 228 g/mol. The molecule has 0 spiro atoms. The van der Waals surface area contributed by atoms with Crippen LogP contribution in [0.2, 0.25) is 0 Å². The highest BCUT2D eigenvalue weighted by molar-refractivity contribution is 5.93. The molecule has 0 aliphatic heterocycles. The lowest BCUT2D eigenvalue weighted by Gasteiger charge is -2.22. The first-order valence-electron chi connectivity index (χ1n) is 6.70. The molecule has 2 saturated carbocycles. The van der Waals surface area contributed by atoms with Crippen LogP contribution < -0.4 is 5.56 Å². The summed E-state index contributed by atoms with van der Waals surface area (Å²) in [4.78, 5) is 27.9. The molecule has 3 rings (SSSR count). The zero-order valence-corrected chi connectivity index (χ0v) is 10.4. The van der Waals surface area contributed by atoms with E-state index in [0.717, 1.165) is 13.1 Å². The maximum atomic E-state index is 12.4. The van der Waals surface area contributed by atoms with Gasteiger partial charge in [0.1, 0.15) is 0 Å². The monoisotopic (exact) mass is 246 g/mol. The minimum atomic E-state index is -0.164. The smallest absolute Gasteiger partial charge is 0.255 e. The Hall–Kier alpha value is -1.58. The van der Waals surface area contributed by atoms with Crippen molar-refractivity contribution in [1.29, 1.82) is 0 Å². The Balaban J connectivity index is 1.72. The van der Waals surface area contributed by atoms with E-state index in [9.17, 15) is 9.59 Å². The summed E-state index contributed by atoms with van der Waals surface area (Å²) in [7, 11) is 0. The van der Waals surface area contributed by atoms with Crippen LogP contribution in [0.1, 0.15) is 36.0 Å². The number of nitrogens with one attached hydrogen (secondary N) is 1. The molecule has 1 aromatic rings. The van der Waals surface area contributed by atoms with E-state index in [1.165, 1.54) is 37.9 Å². The second-order valence-corrected chi connectivity index (χ2v) is 5.54. The molecule has 0 atom stereocenters. The van der Waals surface area contributed by atoms with E-state index in [4.69, 9.17) is 0 Å². The summed E-state index contributed by atoms with van der Waals surface area (Å²) < 4.78 is 0. The predicted octanol–water partition coefficient (Wildman–Crippen LogP) is 1.64. The predicted molar refractivity (Wildman–Crippen MR) is 68.4 cm³/mol. The van der Waals surface area contributed by atoms with E-state index in [1.54, 1.807) is 6.07 Å². The van der Waals surface area contributed by atoms with Crippen molar-refractivity contribution in [3.8, 4) is 0 Å². The number of rotatable bonds is 5. The number of hydrogen-bond donors (Lipinski definition) is 1. The molecule has 4 nitrogen and oxygen atoms in total. The molecule has 1 N–H and O–H groups in total. The third-order valence-corrected chi connectivity index (χ3v) is 3.67. The van der Waals surface area contributed by atoms with Crippen LogP contribution in [0.15, 0.2) is 23.1 Å². The lowest BCUT2D eigenvalue weighted by atomic mass is 10.2. The molecule has 4 heteroatoms. The van der Waals surface area contributed by atoms with Gasteiger partial charge in [0.25, 0.3) is 5.91 Å². The molecule has 0 unspecified atom stereocenters. The summed E-state index contributed by atoms with van der Waals surface area (Å²) in [5.41, 5.74) is 0.429. The van der Waals surface area contributed by atoms with Crippen LogP contribution in [0.3, 0.4) is 0 Å². The van der Waals surface area contributed by atoms with Crippen LogP contribution >= 0.6 is 0 Å². The topological polar surface area (TPSA) is 53.2 Å². The number of carbonyl (C=O) groups is 1. The fraction of sp³-hybridized carbons (Fsp3) is 0.571. The lowest BCUT2D eigenvalue weighted by molar-refractivity contribution is 0.0739. The zero-order valence-electron chi connectivity index (χ0n) is 10.4. The SMILES string of the molecule is O=C(c1ccc(=O)[nH]c1)N(CC1CC1)CC1CC1. The Morgan fingerprint density at radius 1 is 1.17 bits per heavy atom. The molecule has 1 heterocycles. The third-order valence-electron chi connectivity index (χ3n) is 3.67. The molecule has 2 aliphatic carbocycles. The van der Waals surface area contributed by atoms with Gasteiger partial charge in [-0.15, -0.1) is 0 Å². The maximum absolute atomic E-state index is 12.4. The molecule has 0 bridgehead atoms. The molecule has 1 aromatic heterocycles. The van der Waals surface area contributed by atoms with Gasteiger partial charge in [-0.1, -0.05) is 0 Å². The van der Waals surface area contributed by atoms with Crippen LogP contribution in [-0.2, 0) is 0 Å². The van der Waals surface area contributed by atoms with Gasteiger partial charge in [-0.05, 0) is 43.6 Å². The summed E-state index contributed by atoms with van der Waals surface area (Å²) in [6.45, 7) is 1.77. The van der Waals surface area contributed by atoms with Crippen LogP contribution in [0.25, 0.3) is 0 Å². The molecular formula is C14H18N2O2. The molecule has 0 saturated heterocycles. The van der Waals surface area contributed by atoms with Gasteiger partial charge in [0.15, 0.2) is 0 Å². The van der Waals surface area contributed by atoms with Crippen molar-refractivity contribution < 1.29 is 4.79 Å². The Morgan fingerprint density at radius 2 is 1.78 bits per heavy atom. The maximum Gasteiger partial charge on any atom is 0.255 e. The van der Waals surface area contributed by atoms with Crippen LogP contribution in [0, 0.1) is 11.8 Å². The zero-order chi connectivity index (χ0) is 12.5. The summed E-state index contributed by atoms with van der Waals surface area (Å²) in [5.74, 6) is 1.47. The van der Waals surface area contributed by atoms with Gasteiger partial charge >= 0.3 is 0 Å². The summed E-state index contributed by atoms with van der Waals surface area (Å²) >= 11 is 0. The highest BCUT2D eigenvalue weighted by atomic mass is 16.2. The number of hydrogen-bond acceptors (Lipinski definition) is 2. The highest BCUT2D eigenvalue weighted by Crippen LogP contribution is 2.34. The van der Waals surface area contributed by atoms with Crippen molar-refractivity contribution in [1.82, 2.24) is 9.88 Å². The highest BCUT2D eigenvalue weighted by Gasteiger charge is 2.31. The van der Waals surface area contributed by atoms with E-state index >= 15 is 0 Å².